The summed E-state index contributed by atoms with van der Waals surface area (Å²) in [7, 11) is 0. The number of amides is 1. The zero-order valence-corrected chi connectivity index (χ0v) is 21.7. The first-order valence-corrected chi connectivity index (χ1v) is 13.1. The number of nitrogens with zero attached hydrogens (tertiary/aromatic N) is 4. The molecule has 4 heterocycles. The third-order valence-corrected chi connectivity index (χ3v) is 7.30. The highest BCUT2D eigenvalue weighted by Crippen LogP contribution is 2.39. The van der Waals surface area contributed by atoms with Gasteiger partial charge >= 0.3 is 0 Å². The number of carbonyl (C=O) groups is 1. The van der Waals surface area contributed by atoms with E-state index in [1.54, 1.807) is 12.3 Å². The Labute approximate surface area is 221 Å². The van der Waals surface area contributed by atoms with Gasteiger partial charge in [0, 0.05) is 37.0 Å². The van der Waals surface area contributed by atoms with Crippen LogP contribution in [0.2, 0.25) is 5.02 Å². The summed E-state index contributed by atoms with van der Waals surface area (Å²) >= 11 is 6.98. The largest absolute Gasteiger partial charge is 0.486 e. The monoisotopic (exact) mass is 525 g/mol. The van der Waals surface area contributed by atoms with Crippen molar-refractivity contribution in [3.05, 3.63) is 59.4 Å². The SMILES string of the molecule is C=CC(=O)N1CCCC[C@@H](n2c(NC(O)c3ccnc(C)c3)nc3ccc(O[C@H]4CCOC4)c(Cl)c32)C1. The number of aryl methyl sites for hydroxylation is 1. The van der Waals surface area contributed by atoms with E-state index in [1.165, 1.54) is 6.08 Å². The number of benzene rings is 1. The third-order valence-electron chi connectivity index (χ3n) is 6.94. The molecule has 0 saturated carbocycles. The van der Waals surface area contributed by atoms with E-state index in [2.05, 4.69) is 16.9 Å². The molecule has 0 spiro atoms. The quantitative estimate of drug-likeness (QED) is 0.348. The zero-order valence-electron chi connectivity index (χ0n) is 20.9. The van der Waals surface area contributed by atoms with Gasteiger partial charge in [-0.25, -0.2) is 4.98 Å². The molecular formula is C27H32ClN5O4. The average molecular weight is 526 g/mol. The Kier molecular flexibility index (Phi) is 7.64. The first-order chi connectivity index (χ1) is 17.9. The van der Waals surface area contributed by atoms with Crippen molar-refractivity contribution in [2.24, 2.45) is 0 Å². The number of aliphatic hydroxyl groups excluding tert-OH is 1. The predicted molar refractivity (Wildman–Crippen MR) is 142 cm³/mol. The minimum atomic E-state index is -1.01. The van der Waals surface area contributed by atoms with E-state index in [-0.39, 0.29) is 18.1 Å². The molecule has 2 aliphatic rings. The van der Waals surface area contributed by atoms with Crippen molar-refractivity contribution < 1.29 is 19.4 Å². The van der Waals surface area contributed by atoms with Gasteiger partial charge in [-0.3, -0.25) is 9.78 Å². The van der Waals surface area contributed by atoms with Gasteiger partial charge in [0.25, 0.3) is 0 Å². The Balaban J connectivity index is 1.58. The summed E-state index contributed by atoms with van der Waals surface area (Å²) in [6.07, 6.45) is 5.40. The van der Waals surface area contributed by atoms with Crippen molar-refractivity contribution >= 4 is 34.5 Å². The van der Waals surface area contributed by atoms with E-state index in [0.717, 1.165) is 31.4 Å². The highest BCUT2D eigenvalue weighted by Gasteiger charge is 2.29. The second-order valence-corrected chi connectivity index (χ2v) is 9.95. The van der Waals surface area contributed by atoms with E-state index < -0.39 is 6.23 Å². The van der Waals surface area contributed by atoms with Crippen LogP contribution in [0.5, 0.6) is 5.75 Å². The van der Waals surface area contributed by atoms with Crippen LogP contribution >= 0.6 is 11.6 Å². The van der Waals surface area contributed by atoms with Crippen LogP contribution in [0, 0.1) is 6.92 Å². The van der Waals surface area contributed by atoms with Gasteiger partial charge in [-0.1, -0.05) is 18.2 Å². The molecule has 3 aromatic rings. The maximum absolute atomic E-state index is 12.6. The maximum atomic E-state index is 12.6. The number of fused-ring (bicyclic) bond motifs is 1. The van der Waals surface area contributed by atoms with E-state index in [0.29, 0.717) is 59.6 Å². The van der Waals surface area contributed by atoms with Crippen molar-refractivity contribution in [3.8, 4) is 5.75 Å². The normalized spacial score (nSPS) is 21.0. The number of hydrogen-bond acceptors (Lipinski definition) is 7. The Morgan fingerprint density at radius 2 is 2.22 bits per heavy atom. The van der Waals surface area contributed by atoms with Gasteiger partial charge < -0.3 is 29.4 Å². The van der Waals surface area contributed by atoms with Gasteiger partial charge in [-0.15, -0.1) is 0 Å². The molecule has 1 amide bonds. The zero-order chi connectivity index (χ0) is 25.9. The van der Waals surface area contributed by atoms with Crippen LogP contribution in [0.3, 0.4) is 0 Å². The molecule has 0 radical (unpaired) electrons. The lowest BCUT2D eigenvalue weighted by molar-refractivity contribution is -0.126. The summed E-state index contributed by atoms with van der Waals surface area (Å²) in [5.41, 5.74) is 2.85. The number of anilines is 1. The number of nitrogens with one attached hydrogen (secondary N) is 1. The number of carbonyl (C=O) groups excluding carboxylic acids is 1. The van der Waals surface area contributed by atoms with Gasteiger partial charge in [0.2, 0.25) is 11.9 Å². The highest BCUT2D eigenvalue weighted by atomic mass is 35.5. The molecule has 9 nitrogen and oxygen atoms in total. The molecule has 0 bridgehead atoms. The molecule has 2 fully saturated rings. The molecular weight excluding hydrogens is 494 g/mol. The first kappa shape index (κ1) is 25.5. The van der Waals surface area contributed by atoms with E-state index in [4.69, 9.17) is 26.1 Å². The number of halogens is 1. The fourth-order valence-electron chi connectivity index (χ4n) is 5.07. The van der Waals surface area contributed by atoms with Crippen molar-refractivity contribution in [2.75, 3.05) is 31.6 Å². The lowest BCUT2D eigenvalue weighted by atomic mass is 10.1. The Bertz CT molecular complexity index is 1290. The van der Waals surface area contributed by atoms with Crippen LogP contribution in [-0.4, -0.2) is 62.9 Å². The number of rotatable bonds is 7. The van der Waals surface area contributed by atoms with Crippen LogP contribution in [0.25, 0.3) is 11.0 Å². The first-order valence-electron chi connectivity index (χ1n) is 12.7. The molecule has 0 aliphatic carbocycles. The molecule has 1 aromatic carbocycles. The Morgan fingerprint density at radius 1 is 1.35 bits per heavy atom. The number of aromatic nitrogens is 3. The van der Waals surface area contributed by atoms with Crippen LogP contribution in [0.4, 0.5) is 5.95 Å². The number of pyridine rings is 1. The van der Waals surface area contributed by atoms with Crippen molar-refractivity contribution in [3.63, 3.8) is 0 Å². The minimum absolute atomic E-state index is 0.0562. The Morgan fingerprint density at radius 3 is 2.97 bits per heavy atom. The predicted octanol–water partition coefficient (Wildman–Crippen LogP) is 4.40. The average Bonchev–Trinajstić information content (AvgIpc) is 3.46. The molecule has 196 valence electrons. The second-order valence-electron chi connectivity index (χ2n) is 9.57. The van der Waals surface area contributed by atoms with Crippen LogP contribution in [0.1, 0.15) is 49.2 Å². The highest BCUT2D eigenvalue weighted by molar-refractivity contribution is 6.36. The van der Waals surface area contributed by atoms with Gasteiger partial charge in [0.1, 0.15) is 16.9 Å². The smallest absolute Gasteiger partial charge is 0.246 e. The van der Waals surface area contributed by atoms with Gasteiger partial charge in [0.15, 0.2) is 6.23 Å². The number of likely N-dealkylation sites (tertiary alicyclic amines) is 1. The van der Waals surface area contributed by atoms with Gasteiger partial charge in [-0.2, -0.15) is 0 Å². The molecule has 2 N–H and O–H groups in total. The second kappa shape index (κ2) is 11.1. The summed E-state index contributed by atoms with van der Waals surface area (Å²) in [4.78, 5) is 23.4. The van der Waals surface area contributed by atoms with Crippen LogP contribution in [-0.2, 0) is 9.53 Å². The maximum Gasteiger partial charge on any atom is 0.246 e. The summed E-state index contributed by atoms with van der Waals surface area (Å²) in [5, 5.41) is 14.7. The van der Waals surface area contributed by atoms with Crippen LogP contribution < -0.4 is 10.1 Å². The third kappa shape index (κ3) is 5.44. The molecule has 37 heavy (non-hydrogen) atoms. The standard InChI is InChI=1S/C27H32ClN5O4/c1-3-23(34)32-12-5-4-6-19(15-32)33-25-21(7-8-22(24(25)28)37-20-10-13-36-16-20)30-27(33)31-26(35)18-9-11-29-17(2)14-18/h3,7-9,11,14,19-20,26,35H,1,4-6,10,12-13,15-16H2,2H3,(H,30,31)/t19-,20+,26?/m1/s1. The molecule has 1 unspecified atom stereocenters. The number of ether oxygens (including phenoxy) is 2. The Hall–Kier alpha value is -3.14. The molecule has 2 saturated heterocycles. The molecule has 5 rings (SSSR count). The van der Waals surface area contributed by atoms with Crippen molar-refractivity contribution in [2.45, 2.75) is 51.0 Å². The van der Waals surface area contributed by atoms with Gasteiger partial charge in [0.05, 0.1) is 30.3 Å². The van der Waals surface area contributed by atoms with Crippen molar-refractivity contribution in [1.29, 1.82) is 0 Å². The van der Waals surface area contributed by atoms with Gasteiger partial charge in [-0.05, 0) is 56.5 Å². The molecule has 2 aromatic heterocycles. The molecule has 10 heteroatoms. The molecule has 2 aliphatic heterocycles. The number of imidazole rings is 1. The fourth-order valence-corrected chi connectivity index (χ4v) is 5.36. The van der Waals surface area contributed by atoms with E-state index in [9.17, 15) is 9.90 Å². The fraction of sp³-hybridized carbons (Fsp3) is 0.444. The van der Waals surface area contributed by atoms with Crippen molar-refractivity contribution in [1.82, 2.24) is 19.4 Å². The van der Waals surface area contributed by atoms with E-state index in [1.807, 2.05) is 34.6 Å². The van der Waals surface area contributed by atoms with Crippen LogP contribution in [0.15, 0.2) is 43.1 Å². The summed E-state index contributed by atoms with van der Waals surface area (Å²) in [6, 6.07) is 7.17. The summed E-state index contributed by atoms with van der Waals surface area (Å²) in [5.74, 6) is 0.933. The molecule has 3 atom stereocenters. The summed E-state index contributed by atoms with van der Waals surface area (Å²) < 4.78 is 13.7. The topological polar surface area (TPSA) is 102 Å². The lowest BCUT2D eigenvalue weighted by Gasteiger charge is -2.27. The lowest BCUT2D eigenvalue weighted by Crippen LogP contribution is -2.34. The number of aliphatic hydroxyl groups is 1. The number of hydrogen-bond donors (Lipinski definition) is 2. The summed E-state index contributed by atoms with van der Waals surface area (Å²) in [6.45, 7) is 7.88. The minimum Gasteiger partial charge on any atom is -0.486 e. The van der Waals surface area contributed by atoms with E-state index >= 15 is 0 Å².